The van der Waals surface area contributed by atoms with Crippen molar-refractivity contribution in [2.45, 2.75) is 19.8 Å². The van der Waals surface area contributed by atoms with Crippen molar-refractivity contribution in [2.75, 3.05) is 5.73 Å². The van der Waals surface area contributed by atoms with Crippen LogP contribution < -0.4 is 16.0 Å². The van der Waals surface area contributed by atoms with Gasteiger partial charge in [-0.15, -0.1) is 0 Å². The number of aromatic nitrogens is 2. The number of nitrogens with two attached hydrogens (primary N) is 1. The number of anilines is 1. The highest BCUT2D eigenvalue weighted by Gasteiger charge is 2.08. The van der Waals surface area contributed by atoms with Crippen LogP contribution in [0.15, 0.2) is 29.1 Å². The van der Waals surface area contributed by atoms with Crippen LogP contribution in [0.3, 0.4) is 0 Å². The first-order valence-electron chi connectivity index (χ1n) is 5.80. The number of nitrogen functional groups attached to an aromatic ring is 1. The first kappa shape index (κ1) is 13.4. The molecular weight excluding hydrogens is 266 g/mol. The van der Waals surface area contributed by atoms with Crippen molar-refractivity contribution in [3.8, 4) is 11.6 Å². The summed E-state index contributed by atoms with van der Waals surface area (Å²) in [6.07, 6.45) is 0. The number of benzene rings is 1. The van der Waals surface area contributed by atoms with Crippen LogP contribution in [0.2, 0.25) is 5.02 Å². The first-order chi connectivity index (χ1) is 8.95. The number of H-pyrrole nitrogens is 1. The van der Waals surface area contributed by atoms with E-state index in [4.69, 9.17) is 22.1 Å². The summed E-state index contributed by atoms with van der Waals surface area (Å²) in [5.41, 5.74) is 5.91. The molecule has 0 fully saturated rings. The molecule has 0 atom stereocenters. The Bertz CT molecular complexity index is 653. The second-order valence-corrected chi connectivity index (χ2v) is 4.84. The summed E-state index contributed by atoms with van der Waals surface area (Å²) < 4.78 is 5.52. The molecule has 19 heavy (non-hydrogen) atoms. The molecule has 0 radical (unpaired) electrons. The number of hydrogen-bond acceptors (Lipinski definition) is 4. The van der Waals surface area contributed by atoms with E-state index in [1.165, 1.54) is 6.07 Å². The number of halogens is 1. The van der Waals surface area contributed by atoms with Crippen molar-refractivity contribution in [2.24, 2.45) is 0 Å². The van der Waals surface area contributed by atoms with Gasteiger partial charge in [-0.1, -0.05) is 25.4 Å². The zero-order valence-corrected chi connectivity index (χ0v) is 11.4. The highest BCUT2D eigenvalue weighted by Crippen LogP contribution is 2.28. The first-order valence-corrected chi connectivity index (χ1v) is 6.17. The molecule has 0 aliphatic carbocycles. The Labute approximate surface area is 115 Å². The van der Waals surface area contributed by atoms with Crippen molar-refractivity contribution < 1.29 is 4.74 Å². The molecule has 0 spiro atoms. The van der Waals surface area contributed by atoms with Gasteiger partial charge in [0.15, 0.2) is 5.75 Å². The fourth-order valence-corrected chi connectivity index (χ4v) is 1.68. The zero-order chi connectivity index (χ0) is 14.0. The number of nitrogens with one attached hydrogen (secondary N) is 1. The van der Waals surface area contributed by atoms with Crippen LogP contribution in [0, 0.1) is 0 Å². The Kier molecular flexibility index (Phi) is 3.76. The predicted octanol–water partition coefficient (Wildman–Crippen LogP) is 2.92. The number of aromatic amines is 1. The van der Waals surface area contributed by atoms with Crippen LogP contribution in [0.5, 0.6) is 11.6 Å². The minimum atomic E-state index is -0.263. The van der Waals surface area contributed by atoms with Gasteiger partial charge in [-0.2, -0.15) is 4.98 Å². The number of hydrogen-bond donors (Lipinski definition) is 2. The van der Waals surface area contributed by atoms with Gasteiger partial charge in [-0.3, -0.25) is 4.79 Å². The highest BCUT2D eigenvalue weighted by atomic mass is 35.5. The molecule has 100 valence electrons. The summed E-state index contributed by atoms with van der Waals surface area (Å²) in [6.45, 7) is 3.86. The quantitative estimate of drug-likeness (QED) is 0.847. The fraction of sp³-hybridized carbons (Fsp3) is 0.231. The molecule has 0 bridgehead atoms. The number of nitrogens with zero attached hydrogens (tertiary/aromatic N) is 1. The van der Waals surface area contributed by atoms with Crippen LogP contribution in [0.1, 0.15) is 25.6 Å². The van der Waals surface area contributed by atoms with E-state index in [2.05, 4.69) is 9.97 Å². The molecule has 2 rings (SSSR count). The van der Waals surface area contributed by atoms with Crippen molar-refractivity contribution in [1.82, 2.24) is 9.97 Å². The SMILES string of the molecule is CC(C)c1nc(Oc2ccc(Cl)cc2N)cc(=O)[nH]1. The van der Waals surface area contributed by atoms with E-state index >= 15 is 0 Å². The average Bonchev–Trinajstić information content (AvgIpc) is 2.32. The lowest BCUT2D eigenvalue weighted by molar-refractivity contribution is 0.458. The zero-order valence-electron chi connectivity index (χ0n) is 10.6. The van der Waals surface area contributed by atoms with Crippen molar-refractivity contribution in [3.63, 3.8) is 0 Å². The Morgan fingerprint density at radius 3 is 2.74 bits per heavy atom. The summed E-state index contributed by atoms with van der Waals surface area (Å²) in [5, 5.41) is 0.520. The normalized spacial score (nSPS) is 10.7. The summed E-state index contributed by atoms with van der Waals surface area (Å²) >= 11 is 5.81. The molecule has 0 aliphatic rings. The Hall–Kier alpha value is -2.01. The molecule has 6 heteroatoms. The molecule has 5 nitrogen and oxygen atoms in total. The smallest absolute Gasteiger partial charge is 0.254 e. The van der Waals surface area contributed by atoms with Crippen LogP contribution >= 0.6 is 11.6 Å². The van der Waals surface area contributed by atoms with Gasteiger partial charge in [-0.25, -0.2) is 0 Å². The Morgan fingerprint density at radius 1 is 1.37 bits per heavy atom. The van der Waals surface area contributed by atoms with Crippen LogP contribution in [0.4, 0.5) is 5.69 Å². The third kappa shape index (κ3) is 3.26. The Balaban J connectivity index is 2.35. The maximum absolute atomic E-state index is 11.5. The Morgan fingerprint density at radius 2 is 2.11 bits per heavy atom. The van der Waals surface area contributed by atoms with Crippen molar-refractivity contribution in [3.05, 3.63) is 45.5 Å². The predicted molar refractivity (Wildman–Crippen MR) is 74.9 cm³/mol. The van der Waals surface area contributed by atoms with Gasteiger partial charge in [0.05, 0.1) is 11.8 Å². The number of ether oxygens (including phenoxy) is 1. The highest BCUT2D eigenvalue weighted by molar-refractivity contribution is 6.30. The van der Waals surface area contributed by atoms with Crippen molar-refractivity contribution in [1.29, 1.82) is 0 Å². The molecule has 0 unspecified atom stereocenters. The molecule has 3 N–H and O–H groups in total. The summed E-state index contributed by atoms with van der Waals surface area (Å²) in [7, 11) is 0. The molecule has 1 aromatic heterocycles. The topological polar surface area (TPSA) is 81.0 Å². The monoisotopic (exact) mass is 279 g/mol. The van der Waals surface area contributed by atoms with Crippen LogP contribution in [-0.2, 0) is 0 Å². The lowest BCUT2D eigenvalue weighted by Gasteiger charge is -2.10. The standard InChI is InChI=1S/C13H14ClN3O2/c1-7(2)13-16-11(18)6-12(17-13)19-10-4-3-8(14)5-9(10)15/h3-7H,15H2,1-2H3,(H,16,17,18). The summed E-state index contributed by atoms with van der Waals surface area (Å²) in [6, 6.07) is 6.15. The average molecular weight is 280 g/mol. The fourth-order valence-electron chi connectivity index (χ4n) is 1.50. The molecular formula is C13H14ClN3O2. The molecule has 1 heterocycles. The maximum atomic E-state index is 11.5. The summed E-state index contributed by atoms with van der Waals surface area (Å²) in [5.74, 6) is 1.28. The minimum Gasteiger partial charge on any atom is -0.437 e. The molecule has 1 aromatic carbocycles. The van der Waals surface area contributed by atoms with E-state index < -0.39 is 0 Å². The lowest BCUT2D eigenvalue weighted by atomic mass is 10.2. The molecule has 0 saturated carbocycles. The lowest BCUT2D eigenvalue weighted by Crippen LogP contribution is -2.12. The van der Waals surface area contributed by atoms with E-state index in [1.807, 2.05) is 13.8 Å². The molecule has 0 amide bonds. The van der Waals surface area contributed by atoms with Gasteiger partial charge in [0.2, 0.25) is 5.88 Å². The van der Waals surface area contributed by atoms with Crippen LogP contribution in [-0.4, -0.2) is 9.97 Å². The second kappa shape index (κ2) is 5.32. The largest absolute Gasteiger partial charge is 0.437 e. The van der Waals surface area contributed by atoms with Gasteiger partial charge >= 0.3 is 0 Å². The van der Waals surface area contributed by atoms with E-state index in [1.54, 1.807) is 18.2 Å². The van der Waals surface area contributed by atoms with E-state index in [0.29, 0.717) is 22.3 Å². The number of rotatable bonds is 3. The molecule has 2 aromatic rings. The van der Waals surface area contributed by atoms with Gasteiger partial charge in [0, 0.05) is 10.9 Å². The molecule has 0 saturated heterocycles. The van der Waals surface area contributed by atoms with E-state index in [-0.39, 0.29) is 17.4 Å². The van der Waals surface area contributed by atoms with Crippen molar-refractivity contribution >= 4 is 17.3 Å². The van der Waals surface area contributed by atoms with Crippen LogP contribution in [0.25, 0.3) is 0 Å². The maximum Gasteiger partial charge on any atom is 0.254 e. The van der Waals surface area contributed by atoms with E-state index in [9.17, 15) is 4.79 Å². The minimum absolute atomic E-state index is 0.0961. The van der Waals surface area contributed by atoms with Gasteiger partial charge in [0.1, 0.15) is 5.82 Å². The summed E-state index contributed by atoms with van der Waals surface area (Å²) in [4.78, 5) is 18.4. The third-order valence-electron chi connectivity index (χ3n) is 2.47. The van der Waals surface area contributed by atoms with Gasteiger partial charge in [0.25, 0.3) is 5.56 Å². The third-order valence-corrected chi connectivity index (χ3v) is 2.70. The van der Waals surface area contributed by atoms with E-state index in [0.717, 1.165) is 0 Å². The van der Waals surface area contributed by atoms with Gasteiger partial charge in [-0.05, 0) is 18.2 Å². The second-order valence-electron chi connectivity index (χ2n) is 4.41. The van der Waals surface area contributed by atoms with Gasteiger partial charge < -0.3 is 15.5 Å². The molecule has 0 aliphatic heterocycles.